The van der Waals surface area contributed by atoms with Gasteiger partial charge in [0.15, 0.2) is 14.6 Å². The van der Waals surface area contributed by atoms with E-state index in [1.807, 2.05) is 29.7 Å². The number of hydrogen-bond acceptors (Lipinski definition) is 4. The van der Waals surface area contributed by atoms with Gasteiger partial charge in [0.2, 0.25) is 0 Å². The second-order valence-corrected chi connectivity index (χ2v) is 9.69. The van der Waals surface area contributed by atoms with Crippen molar-refractivity contribution in [3.05, 3.63) is 57.3 Å². The summed E-state index contributed by atoms with van der Waals surface area (Å²) in [4.78, 5) is 17.6. The molecule has 0 bridgehead atoms. The van der Waals surface area contributed by atoms with Crippen LogP contribution < -0.4 is 4.80 Å². The SMILES string of the molecule is CCn1c(=NC(=O)Cc2ccc(S(C)(=O)=O)cc2)sc2cccc(Br)c21. The zero-order valence-electron chi connectivity index (χ0n) is 14.3. The monoisotopic (exact) mass is 452 g/mol. The lowest BCUT2D eigenvalue weighted by atomic mass is 10.1. The Morgan fingerprint density at radius 3 is 2.50 bits per heavy atom. The highest BCUT2D eigenvalue weighted by molar-refractivity contribution is 9.10. The number of benzene rings is 2. The second kappa shape index (κ2) is 7.46. The number of nitrogens with zero attached hydrogens (tertiary/aromatic N) is 2. The fourth-order valence-electron chi connectivity index (χ4n) is 2.64. The molecule has 0 radical (unpaired) electrons. The summed E-state index contributed by atoms with van der Waals surface area (Å²) in [6.07, 6.45) is 1.29. The molecule has 3 aromatic rings. The molecule has 2 aromatic carbocycles. The molecule has 0 aliphatic heterocycles. The third-order valence-electron chi connectivity index (χ3n) is 3.90. The van der Waals surface area contributed by atoms with Gasteiger partial charge < -0.3 is 4.57 Å². The summed E-state index contributed by atoms with van der Waals surface area (Å²) in [6, 6.07) is 12.3. The normalized spacial score (nSPS) is 12.7. The van der Waals surface area contributed by atoms with Crippen LogP contribution in [0.4, 0.5) is 0 Å². The van der Waals surface area contributed by atoms with Crippen LogP contribution in [0.5, 0.6) is 0 Å². The molecule has 8 heteroatoms. The van der Waals surface area contributed by atoms with Crippen LogP contribution in [0, 0.1) is 0 Å². The third kappa shape index (κ3) is 3.97. The number of sulfone groups is 1. The Kier molecular flexibility index (Phi) is 5.45. The molecule has 0 aliphatic carbocycles. The standard InChI is InChI=1S/C18H17BrN2O3S2/c1-3-21-17-14(19)5-4-6-15(17)25-18(21)20-16(22)11-12-7-9-13(10-8-12)26(2,23)24/h4-10H,3,11H2,1-2H3. The number of hydrogen-bond donors (Lipinski definition) is 0. The predicted molar refractivity (Wildman–Crippen MR) is 107 cm³/mol. The van der Waals surface area contributed by atoms with Gasteiger partial charge >= 0.3 is 0 Å². The molecule has 0 spiro atoms. The van der Waals surface area contributed by atoms with Crippen molar-refractivity contribution in [3.8, 4) is 0 Å². The Morgan fingerprint density at radius 1 is 1.19 bits per heavy atom. The summed E-state index contributed by atoms with van der Waals surface area (Å²) in [6.45, 7) is 2.72. The van der Waals surface area contributed by atoms with Crippen LogP contribution in [0.2, 0.25) is 0 Å². The van der Waals surface area contributed by atoms with E-state index in [0.29, 0.717) is 11.3 Å². The maximum atomic E-state index is 12.4. The van der Waals surface area contributed by atoms with E-state index in [4.69, 9.17) is 0 Å². The lowest BCUT2D eigenvalue weighted by molar-refractivity contribution is -0.117. The van der Waals surface area contributed by atoms with Crippen LogP contribution in [0.15, 0.2) is 56.8 Å². The van der Waals surface area contributed by atoms with Gasteiger partial charge in [0.1, 0.15) is 0 Å². The van der Waals surface area contributed by atoms with Gasteiger partial charge in [-0.25, -0.2) is 8.42 Å². The predicted octanol–water partition coefficient (Wildman–Crippen LogP) is 3.56. The van der Waals surface area contributed by atoms with Crippen molar-refractivity contribution in [1.82, 2.24) is 4.57 Å². The number of rotatable bonds is 4. The number of thiazole rings is 1. The van der Waals surface area contributed by atoms with Gasteiger partial charge in [-0.15, -0.1) is 0 Å². The van der Waals surface area contributed by atoms with Crippen LogP contribution >= 0.6 is 27.3 Å². The molecule has 0 atom stereocenters. The first kappa shape index (κ1) is 19.0. The second-order valence-electron chi connectivity index (χ2n) is 5.81. The number of halogens is 1. The molecule has 0 fully saturated rings. The van der Waals surface area contributed by atoms with E-state index in [9.17, 15) is 13.2 Å². The van der Waals surface area contributed by atoms with Gasteiger partial charge in [-0.1, -0.05) is 29.5 Å². The molecule has 1 heterocycles. The number of fused-ring (bicyclic) bond motifs is 1. The smallest absolute Gasteiger partial charge is 0.252 e. The van der Waals surface area contributed by atoms with Crippen molar-refractivity contribution in [1.29, 1.82) is 0 Å². The van der Waals surface area contributed by atoms with Gasteiger partial charge in [-0.3, -0.25) is 4.79 Å². The van der Waals surface area contributed by atoms with Crippen molar-refractivity contribution in [2.24, 2.45) is 4.99 Å². The lowest BCUT2D eigenvalue weighted by Crippen LogP contribution is -2.16. The number of aryl methyl sites for hydroxylation is 1. The van der Waals surface area contributed by atoms with Gasteiger partial charge in [-0.05, 0) is 52.7 Å². The molecule has 0 unspecified atom stereocenters. The molecular weight excluding hydrogens is 436 g/mol. The first-order chi connectivity index (χ1) is 12.3. The first-order valence-electron chi connectivity index (χ1n) is 7.94. The summed E-state index contributed by atoms with van der Waals surface area (Å²) in [5.74, 6) is -0.262. The van der Waals surface area contributed by atoms with Crippen molar-refractivity contribution < 1.29 is 13.2 Å². The van der Waals surface area contributed by atoms with E-state index in [1.165, 1.54) is 23.5 Å². The molecule has 0 N–H and O–H groups in total. The molecule has 1 amide bonds. The molecule has 0 aliphatic rings. The Morgan fingerprint density at radius 2 is 1.88 bits per heavy atom. The van der Waals surface area contributed by atoms with E-state index in [-0.39, 0.29) is 17.2 Å². The van der Waals surface area contributed by atoms with E-state index < -0.39 is 9.84 Å². The number of aromatic nitrogens is 1. The Bertz CT molecular complexity index is 1140. The molecule has 26 heavy (non-hydrogen) atoms. The van der Waals surface area contributed by atoms with Gasteiger partial charge in [0, 0.05) is 17.3 Å². The number of carbonyl (C=O) groups is 1. The maximum Gasteiger partial charge on any atom is 0.252 e. The van der Waals surface area contributed by atoms with Crippen LogP contribution in [0.3, 0.4) is 0 Å². The fourth-order valence-corrected chi connectivity index (χ4v) is 5.12. The third-order valence-corrected chi connectivity index (χ3v) is 6.71. The fraction of sp³-hybridized carbons (Fsp3) is 0.222. The highest BCUT2D eigenvalue weighted by atomic mass is 79.9. The van der Waals surface area contributed by atoms with Crippen LogP contribution in [0.1, 0.15) is 12.5 Å². The summed E-state index contributed by atoms with van der Waals surface area (Å²) in [7, 11) is -3.24. The molecule has 0 saturated carbocycles. The van der Waals surface area contributed by atoms with E-state index in [0.717, 1.165) is 26.5 Å². The summed E-state index contributed by atoms with van der Waals surface area (Å²) >= 11 is 5.03. The van der Waals surface area contributed by atoms with Crippen molar-refractivity contribution in [2.75, 3.05) is 6.26 Å². The quantitative estimate of drug-likeness (QED) is 0.607. The van der Waals surface area contributed by atoms with Crippen molar-refractivity contribution in [2.45, 2.75) is 24.8 Å². The topological polar surface area (TPSA) is 68.5 Å². The Labute approximate surface area is 164 Å². The molecule has 3 rings (SSSR count). The largest absolute Gasteiger partial charge is 0.316 e. The minimum absolute atomic E-state index is 0.128. The summed E-state index contributed by atoms with van der Waals surface area (Å²) in [5.41, 5.74) is 1.76. The van der Waals surface area contributed by atoms with E-state index >= 15 is 0 Å². The van der Waals surface area contributed by atoms with Crippen molar-refractivity contribution in [3.63, 3.8) is 0 Å². The highest BCUT2D eigenvalue weighted by Gasteiger charge is 2.11. The van der Waals surface area contributed by atoms with Crippen LogP contribution in [-0.2, 0) is 27.6 Å². The van der Waals surface area contributed by atoms with Gasteiger partial charge in [0.05, 0.1) is 21.5 Å². The highest BCUT2D eigenvalue weighted by Crippen LogP contribution is 2.25. The maximum absolute atomic E-state index is 12.4. The van der Waals surface area contributed by atoms with E-state index in [2.05, 4.69) is 20.9 Å². The minimum Gasteiger partial charge on any atom is -0.316 e. The summed E-state index contributed by atoms with van der Waals surface area (Å²) < 4.78 is 27.0. The number of amides is 1. The van der Waals surface area contributed by atoms with Gasteiger partial charge in [0.25, 0.3) is 5.91 Å². The van der Waals surface area contributed by atoms with Gasteiger partial charge in [-0.2, -0.15) is 4.99 Å². The molecular formula is C18H17BrN2O3S2. The van der Waals surface area contributed by atoms with Crippen molar-refractivity contribution >= 4 is 53.2 Å². The molecule has 1 aromatic heterocycles. The average molecular weight is 453 g/mol. The summed E-state index contributed by atoms with van der Waals surface area (Å²) in [5, 5.41) is 0. The Balaban J connectivity index is 1.92. The molecule has 5 nitrogen and oxygen atoms in total. The first-order valence-corrected chi connectivity index (χ1v) is 11.4. The van der Waals surface area contributed by atoms with Crippen LogP contribution in [-0.4, -0.2) is 25.1 Å². The molecule has 136 valence electrons. The average Bonchev–Trinajstić information content (AvgIpc) is 2.92. The minimum atomic E-state index is -3.24. The van der Waals surface area contributed by atoms with E-state index in [1.54, 1.807) is 12.1 Å². The Hall–Kier alpha value is -1.77. The molecule has 0 saturated heterocycles. The number of carbonyl (C=O) groups excluding carboxylic acids is 1. The van der Waals surface area contributed by atoms with Crippen LogP contribution in [0.25, 0.3) is 10.2 Å². The number of para-hydroxylation sites is 1. The zero-order valence-corrected chi connectivity index (χ0v) is 17.5. The lowest BCUT2D eigenvalue weighted by Gasteiger charge is -2.02. The zero-order chi connectivity index (χ0) is 18.9.